The fraction of sp³-hybridized carbons (Fsp3) is 0.143. The van der Waals surface area contributed by atoms with Crippen LogP contribution < -0.4 is 4.74 Å². The van der Waals surface area contributed by atoms with E-state index in [1.165, 1.54) is 0 Å². The summed E-state index contributed by atoms with van der Waals surface area (Å²) in [6, 6.07) is 17.1. The lowest BCUT2D eigenvalue weighted by Gasteiger charge is -2.19. The largest absolute Gasteiger partial charge is 0.497 e. The summed E-state index contributed by atoms with van der Waals surface area (Å²) in [7, 11) is 3.43. The Morgan fingerprint density at radius 1 is 1.21 bits per heavy atom. The number of nitrogens with zero attached hydrogens (tertiary/aromatic N) is 3. The van der Waals surface area contributed by atoms with E-state index in [0.717, 1.165) is 28.2 Å². The van der Waals surface area contributed by atoms with Gasteiger partial charge >= 0.3 is 0 Å². The van der Waals surface area contributed by atoms with E-state index in [-0.39, 0.29) is 5.91 Å². The molecular formula is C21H19ClN4O2. The summed E-state index contributed by atoms with van der Waals surface area (Å²) in [5.41, 5.74) is 4.07. The Labute approximate surface area is 167 Å². The number of ether oxygens (including phenoxy) is 1. The van der Waals surface area contributed by atoms with Crippen molar-refractivity contribution in [3.05, 3.63) is 77.3 Å². The highest BCUT2D eigenvalue weighted by molar-refractivity contribution is 6.29. The first-order valence-corrected chi connectivity index (χ1v) is 9.14. The Hall–Kier alpha value is -3.25. The molecule has 0 radical (unpaired) electrons. The molecule has 4 rings (SSSR count). The number of carbonyl (C=O) groups excluding carboxylic acids is 1. The van der Waals surface area contributed by atoms with Crippen LogP contribution in [-0.2, 0) is 6.54 Å². The Morgan fingerprint density at radius 3 is 2.75 bits per heavy atom. The molecular weight excluding hydrogens is 376 g/mol. The van der Waals surface area contributed by atoms with Gasteiger partial charge in [0.05, 0.1) is 24.7 Å². The van der Waals surface area contributed by atoms with Gasteiger partial charge in [0, 0.05) is 30.2 Å². The summed E-state index contributed by atoms with van der Waals surface area (Å²) in [5.74, 6) is 0.731. The van der Waals surface area contributed by atoms with Crippen molar-refractivity contribution in [3.8, 4) is 11.4 Å². The minimum Gasteiger partial charge on any atom is -0.497 e. The zero-order valence-electron chi connectivity index (χ0n) is 15.5. The van der Waals surface area contributed by atoms with Crippen molar-refractivity contribution in [2.75, 3.05) is 14.2 Å². The Morgan fingerprint density at radius 2 is 2.00 bits per heavy atom. The van der Waals surface area contributed by atoms with Crippen LogP contribution in [-0.4, -0.2) is 39.5 Å². The molecule has 6 nitrogen and oxygen atoms in total. The van der Waals surface area contributed by atoms with Crippen molar-refractivity contribution in [3.63, 3.8) is 0 Å². The van der Waals surface area contributed by atoms with Gasteiger partial charge in [-0.15, -0.1) is 0 Å². The van der Waals surface area contributed by atoms with E-state index in [1.54, 1.807) is 37.3 Å². The molecule has 28 heavy (non-hydrogen) atoms. The molecule has 4 aromatic rings. The van der Waals surface area contributed by atoms with Gasteiger partial charge < -0.3 is 19.2 Å². The van der Waals surface area contributed by atoms with Gasteiger partial charge in [-0.3, -0.25) is 4.79 Å². The van der Waals surface area contributed by atoms with Crippen LogP contribution in [0.25, 0.3) is 16.7 Å². The number of benzene rings is 2. The minimum atomic E-state index is -0.0740. The topological polar surface area (TPSA) is 63.1 Å². The second kappa shape index (κ2) is 7.40. The van der Waals surface area contributed by atoms with Crippen molar-refractivity contribution >= 4 is 28.5 Å². The summed E-state index contributed by atoms with van der Waals surface area (Å²) >= 11 is 5.89. The van der Waals surface area contributed by atoms with Gasteiger partial charge in [-0.05, 0) is 66.2 Å². The number of hydrogen-bond donors (Lipinski definition) is 1. The predicted octanol–water partition coefficient (Wildman–Crippen LogP) is 4.29. The molecule has 0 bridgehead atoms. The molecule has 2 heterocycles. The first kappa shape index (κ1) is 18.1. The third kappa shape index (κ3) is 3.46. The summed E-state index contributed by atoms with van der Waals surface area (Å²) < 4.78 is 7.27. The molecule has 142 valence electrons. The highest BCUT2D eigenvalue weighted by atomic mass is 35.5. The number of H-pyrrole nitrogens is 1. The standard InChI is InChI=1S/C21H19ClN4O2/c1-25(20(27)14-5-10-18-19(12-14)24-21(22)23-18)13-16-4-3-11-26(16)15-6-8-17(28-2)9-7-15/h3-12H,13H2,1-2H3,(H,23,24). The lowest BCUT2D eigenvalue weighted by atomic mass is 10.1. The fourth-order valence-corrected chi connectivity index (χ4v) is 3.38. The molecule has 0 aliphatic rings. The van der Waals surface area contributed by atoms with Crippen LogP contribution in [0.3, 0.4) is 0 Å². The van der Waals surface area contributed by atoms with Crippen molar-refractivity contribution in [1.82, 2.24) is 19.4 Å². The first-order valence-electron chi connectivity index (χ1n) is 8.76. The normalized spacial score (nSPS) is 11.0. The van der Waals surface area contributed by atoms with Crippen LogP contribution in [0.5, 0.6) is 5.75 Å². The van der Waals surface area contributed by atoms with Crippen LogP contribution >= 0.6 is 11.6 Å². The van der Waals surface area contributed by atoms with E-state index in [2.05, 4.69) is 14.5 Å². The van der Waals surface area contributed by atoms with Crippen molar-refractivity contribution in [2.45, 2.75) is 6.54 Å². The van der Waals surface area contributed by atoms with Gasteiger partial charge in [-0.1, -0.05) is 0 Å². The average Bonchev–Trinajstić information content (AvgIpc) is 3.32. The van der Waals surface area contributed by atoms with E-state index in [0.29, 0.717) is 17.4 Å². The maximum absolute atomic E-state index is 12.9. The number of methoxy groups -OCH3 is 1. The number of fused-ring (bicyclic) bond motifs is 1. The fourth-order valence-electron chi connectivity index (χ4n) is 3.19. The zero-order chi connectivity index (χ0) is 19.7. The highest BCUT2D eigenvalue weighted by Crippen LogP contribution is 2.20. The predicted molar refractivity (Wildman–Crippen MR) is 109 cm³/mol. The SMILES string of the molecule is COc1ccc(-n2cccc2CN(C)C(=O)c2ccc3nc(Cl)[nH]c3c2)cc1. The third-order valence-corrected chi connectivity index (χ3v) is 4.81. The Kier molecular flexibility index (Phi) is 4.79. The van der Waals surface area contributed by atoms with Crippen molar-refractivity contribution < 1.29 is 9.53 Å². The average molecular weight is 395 g/mol. The van der Waals surface area contributed by atoms with Crippen LogP contribution in [0.15, 0.2) is 60.8 Å². The van der Waals surface area contributed by atoms with E-state index in [9.17, 15) is 4.79 Å². The summed E-state index contributed by atoms with van der Waals surface area (Å²) in [5, 5.41) is 0.310. The third-order valence-electron chi connectivity index (χ3n) is 4.63. The lowest BCUT2D eigenvalue weighted by molar-refractivity contribution is 0.0783. The number of carbonyl (C=O) groups is 1. The summed E-state index contributed by atoms with van der Waals surface area (Å²) in [6.45, 7) is 0.472. The first-order chi connectivity index (χ1) is 13.5. The van der Waals surface area contributed by atoms with Crippen LogP contribution in [0, 0.1) is 0 Å². The Bertz CT molecular complexity index is 1130. The monoisotopic (exact) mass is 394 g/mol. The van der Waals surface area contributed by atoms with E-state index in [1.807, 2.05) is 42.6 Å². The van der Waals surface area contributed by atoms with Gasteiger partial charge in [0.15, 0.2) is 0 Å². The number of aromatic amines is 1. The number of halogens is 1. The van der Waals surface area contributed by atoms with Crippen LogP contribution in [0.4, 0.5) is 0 Å². The summed E-state index contributed by atoms with van der Waals surface area (Å²) in [4.78, 5) is 21.7. The van der Waals surface area contributed by atoms with E-state index < -0.39 is 0 Å². The molecule has 1 amide bonds. The van der Waals surface area contributed by atoms with Gasteiger partial charge in [-0.2, -0.15) is 0 Å². The van der Waals surface area contributed by atoms with Crippen LogP contribution in [0.1, 0.15) is 16.1 Å². The van der Waals surface area contributed by atoms with Crippen LogP contribution in [0.2, 0.25) is 5.28 Å². The van der Waals surface area contributed by atoms with E-state index >= 15 is 0 Å². The quantitative estimate of drug-likeness (QED) is 0.549. The molecule has 7 heteroatoms. The molecule has 0 aliphatic heterocycles. The van der Waals surface area contributed by atoms with Crippen molar-refractivity contribution in [2.24, 2.45) is 0 Å². The number of rotatable bonds is 5. The molecule has 0 saturated carbocycles. The molecule has 0 unspecified atom stereocenters. The second-order valence-electron chi connectivity index (χ2n) is 6.49. The maximum atomic E-state index is 12.9. The maximum Gasteiger partial charge on any atom is 0.254 e. The minimum absolute atomic E-state index is 0.0740. The zero-order valence-corrected chi connectivity index (χ0v) is 16.3. The molecule has 0 fully saturated rings. The molecule has 0 atom stereocenters. The number of nitrogens with one attached hydrogen (secondary N) is 1. The molecule has 1 N–H and O–H groups in total. The lowest BCUT2D eigenvalue weighted by Crippen LogP contribution is -2.27. The van der Waals surface area contributed by atoms with Crippen molar-refractivity contribution in [1.29, 1.82) is 0 Å². The molecule has 0 spiro atoms. The van der Waals surface area contributed by atoms with Gasteiger partial charge in [0.2, 0.25) is 5.28 Å². The Balaban J connectivity index is 1.55. The smallest absolute Gasteiger partial charge is 0.254 e. The van der Waals surface area contributed by atoms with E-state index in [4.69, 9.17) is 16.3 Å². The molecule has 2 aromatic heterocycles. The molecule has 0 saturated heterocycles. The molecule has 0 aliphatic carbocycles. The number of hydrogen-bond acceptors (Lipinski definition) is 3. The summed E-state index contributed by atoms with van der Waals surface area (Å²) in [6.07, 6.45) is 1.98. The number of aromatic nitrogens is 3. The van der Waals surface area contributed by atoms with Gasteiger partial charge in [0.1, 0.15) is 5.75 Å². The van der Waals surface area contributed by atoms with Gasteiger partial charge in [-0.25, -0.2) is 4.98 Å². The van der Waals surface area contributed by atoms with Gasteiger partial charge in [0.25, 0.3) is 5.91 Å². The molecule has 2 aromatic carbocycles. The second-order valence-corrected chi connectivity index (χ2v) is 6.85. The highest BCUT2D eigenvalue weighted by Gasteiger charge is 2.15. The number of amides is 1. The number of imidazole rings is 1.